The summed E-state index contributed by atoms with van der Waals surface area (Å²) in [7, 11) is 5.04. The van der Waals surface area contributed by atoms with E-state index in [2.05, 4.69) is 0 Å². The minimum Gasteiger partial charge on any atom is -0.489 e. The number of rotatable bonds is 4. The van der Waals surface area contributed by atoms with Crippen LogP contribution in [-0.2, 0) is 14.3 Å². The third kappa shape index (κ3) is 3.85. The predicted octanol–water partition coefficient (Wildman–Crippen LogP) is 0.599. The molecule has 0 N–H and O–H groups in total. The highest BCUT2D eigenvalue weighted by Crippen LogP contribution is 1.99. The van der Waals surface area contributed by atoms with Crippen LogP contribution >= 0.6 is 0 Å². The average molecular weight is 173 g/mol. The van der Waals surface area contributed by atoms with Crippen molar-refractivity contribution in [3.8, 4) is 0 Å². The molecule has 0 unspecified atom stereocenters. The summed E-state index contributed by atoms with van der Waals surface area (Å²) in [5.41, 5.74) is 0. The van der Waals surface area contributed by atoms with E-state index in [-0.39, 0.29) is 5.76 Å². The monoisotopic (exact) mass is 173 g/mol. The normalized spacial score (nSPS) is 10.8. The van der Waals surface area contributed by atoms with Gasteiger partial charge >= 0.3 is 5.97 Å². The third-order valence-corrected chi connectivity index (χ3v) is 1.07. The summed E-state index contributed by atoms with van der Waals surface area (Å²) in [6.07, 6.45) is 1.57. The fourth-order valence-electron chi connectivity index (χ4n) is 0.625. The van der Waals surface area contributed by atoms with Crippen molar-refractivity contribution >= 4 is 5.97 Å². The molecule has 0 spiro atoms. The second-order valence-electron chi connectivity index (χ2n) is 2.38. The van der Waals surface area contributed by atoms with Crippen molar-refractivity contribution < 1.29 is 14.3 Å². The first kappa shape index (κ1) is 10.8. The van der Waals surface area contributed by atoms with E-state index >= 15 is 0 Å². The van der Waals surface area contributed by atoms with Crippen LogP contribution in [0.15, 0.2) is 12.0 Å². The standard InChI is InChI=1S/C8H15NO3/c1-5-12-8(10)7(11-4)6-9(2)3/h6H,5H2,1-4H3/b7-6-. The molecular formula is C8H15NO3. The van der Waals surface area contributed by atoms with E-state index in [4.69, 9.17) is 9.47 Å². The molecule has 0 aliphatic carbocycles. The van der Waals surface area contributed by atoms with Gasteiger partial charge in [0.1, 0.15) is 0 Å². The van der Waals surface area contributed by atoms with Crippen molar-refractivity contribution in [2.24, 2.45) is 0 Å². The van der Waals surface area contributed by atoms with Gasteiger partial charge in [0.05, 0.1) is 13.7 Å². The Morgan fingerprint density at radius 3 is 2.42 bits per heavy atom. The molecule has 0 atom stereocenters. The van der Waals surface area contributed by atoms with Gasteiger partial charge in [0.2, 0.25) is 5.76 Å². The Morgan fingerprint density at radius 1 is 1.50 bits per heavy atom. The molecule has 0 rings (SSSR count). The van der Waals surface area contributed by atoms with Crippen LogP contribution in [0.4, 0.5) is 0 Å². The zero-order valence-electron chi connectivity index (χ0n) is 7.96. The summed E-state index contributed by atoms with van der Waals surface area (Å²) in [6.45, 7) is 2.10. The van der Waals surface area contributed by atoms with E-state index < -0.39 is 5.97 Å². The lowest BCUT2D eigenvalue weighted by molar-refractivity contribution is -0.142. The Morgan fingerprint density at radius 2 is 2.08 bits per heavy atom. The molecule has 0 aromatic heterocycles. The first-order chi connectivity index (χ1) is 5.61. The van der Waals surface area contributed by atoms with Crippen LogP contribution in [-0.4, -0.2) is 38.7 Å². The first-order valence-electron chi connectivity index (χ1n) is 3.71. The lowest BCUT2D eigenvalue weighted by Gasteiger charge is -2.09. The fraction of sp³-hybridized carbons (Fsp3) is 0.625. The van der Waals surface area contributed by atoms with E-state index in [9.17, 15) is 4.79 Å². The lowest BCUT2D eigenvalue weighted by Crippen LogP contribution is -2.13. The highest BCUT2D eigenvalue weighted by atomic mass is 16.6. The predicted molar refractivity (Wildman–Crippen MR) is 45.4 cm³/mol. The Kier molecular flexibility index (Phi) is 4.92. The second kappa shape index (κ2) is 5.46. The first-order valence-corrected chi connectivity index (χ1v) is 3.71. The molecule has 0 radical (unpaired) electrons. The molecule has 12 heavy (non-hydrogen) atoms. The molecule has 4 nitrogen and oxygen atoms in total. The van der Waals surface area contributed by atoms with Gasteiger partial charge in [-0.3, -0.25) is 0 Å². The van der Waals surface area contributed by atoms with E-state index in [0.717, 1.165) is 0 Å². The Labute approximate surface area is 72.8 Å². The Hall–Kier alpha value is -1.19. The van der Waals surface area contributed by atoms with Crippen molar-refractivity contribution in [3.63, 3.8) is 0 Å². The maximum Gasteiger partial charge on any atom is 0.375 e. The van der Waals surface area contributed by atoms with E-state index in [1.165, 1.54) is 7.11 Å². The average Bonchev–Trinajstić information content (AvgIpc) is 2.00. The number of ether oxygens (including phenoxy) is 2. The summed E-state index contributed by atoms with van der Waals surface area (Å²) in [5.74, 6) is -0.226. The van der Waals surface area contributed by atoms with Gasteiger partial charge in [-0.25, -0.2) is 4.79 Å². The van der Waals surface area contributed by atoms with E-state index in [1.54, 1.807) is 32.1 Å². The highest BCUT2D eigenvalue weighted by Gasteiger charge is 2.10. The number of hydrogen-bond donors (Lipinski definition) is 0. The van der Waals surface area contributed by atoms with Crippen molar-refractivity contribution in [2.45, 2.75) is 6.92 Å². The summed E-state index contributed by atoms with van der Waals surface area (Å²) in [6, 6.07) is 0. The highest BCUT2D eigenvalue weighted by molar-refractivity contribution is 5.86. The fourth-order valence-corrected chi connectivity index (χ4v) is 0.625. The molecule has 0 amide bonds. The minimum atomic E-state index is -0.436. The molecule has 0 saturated heterocycles. The number of methoxy groups -OCH3 is 1. The van der Waals surface area contributed by atoms with Gasteiger partial charge in [-0.1, -0.05) is 0 Å². The van der Waals surface area contributed by atoms with Crippen molar-refractivity contribution in [3.05, 3.63) is 12.0 Å². The summed E-state index contributed by atoms with van der Waals surface area (Å²) in [4.78, 5) is 12.8. The molecule has 0 aliphatic rings. The van der Waals surface area contributed by atoms with Gasteiger partial charge in [-0.2, -0.15) is 0 Å². The zero-order chi connectivity index (χ0) is 9.56. The van der Waals surface area contributed by atoms with Crippen molar-refractivity contribution in [1.82, 2.24) is 4.90 Å². The third-order valence-electron chi connectivity index (χ3n) is 1.07. The number of hydrogen-bond acceptors (Lipinski definition) is 4. The minimum absolute atomic E-state index is 0.210. The van der Waals surface area contributed by atoms with Gasteiger partial charge < -0.3 is 14.4 Å². The number of esters is 1. The zero-order valence-corrected chi connectivity index (χ0v) is 7.96. The van der Waals surface area contributed by atoms with Crippen LogP contribution in [0.2, 0.25) is 0 Å². The molecule has 0 aromatic rings. The van der Waals surface area contributed by atoms with Gasteiger partial charge in [0.15, 0.2) is 0 Å². The molecule has 0 fully saturated rings. The second-order valence-corrected chi connectivity index (χ2v) is 2.38. The summed E-state index contributed by atoms with van der Waals surface area (Å²) < 4.78 is 9.56. The molecular weight excluding hydrogens is 158 g/mol. The lowest BCUT2D eigenvalue weighted by atomic mass is 10.5. The van der Waals surface area contributed by atoms with Crippen LogP contribution in [0, 0.1) is 0 Å². The van der Waals surface area contributed by atoms with E-state index in [0.29, 0.717) is 6.61 Å². The van der Waals surface area contributed by atoms with Crippen LogP contribution in [0.1, 0.15) is 6.92 Å². The smallest absolute Gasteiger partial charge is 0.375 e. The molecule has 4 heteroatoms. The van der Waals surface area contributed by atoms with Crippen LogP contribution < -0.4 is 0 Å². The molecule has 0 heterocycles. The van der Waals surface area contributed by atoms with Gasteiger partial charge in [-0.15, -0.1) is 0 Å². The molecule has 70 valence electrons. The van der Waals surface area contributed by atoms with Crippen LogP contribution in [0.3, 0.4) is 0 Å². The van der Waals surface area contributed by atoms with Gasteiger partial charge in [-0.05, 0) is 6.92 Å². The Bertz CT molecular complexity index is 175. The summed E-state index contributed by atoms with van der Waals surface area (Å²) in [5, 5.41) is 0. The number of carbonyl (C=O) groups excluding carboxylic acids is 1. The van der Waals surface area contributed by atoms with Crippen LogP contribution in [0.5, 0.6) is 0 Å². The molecule has 0 aromatic carbocycles. The molecule has 0 saturated carbocycles. The largest absolute Gasteiger partial charge is 0.489 e. The maximum absolute atomic E-state index is 11.1. The van der Waals surface area contributed by atoms with Gasteiger partial charge in [0, 0.05) is 20.3 Å². The summed E-state index contributed by atoms with van der Waals surface area (Å²) >= 11 is 0. The van der Waals surface area contributed by atoms with Crippen molar-refractivity contribution in [1.29, 1.82) is 0 Å². The van der Waals surface area contributed by atoms with E-state index in [1.807, 2.05) is 0 Å². The number of carbonyl (C=O) groups is 1. The van der Waals surface area contributed by atoms with Crippen molar-refractivity contribution in [2.75, 3.05) is 27.8 Å². The molecule has 0 bridgehead atoms. The molecule has 0 aliphatic heterocycles. The quantitative estimate of drug-likeness (QED) is 0.354. The maximum atomic E-state index is 11.1. The topological polar surface area (TPSA) is 38.8 Å². The SMILES string of the molecule is CCOC(=O)/C(=C/N(C)C)OC. The Balaban J connectivity index is 4.23. The van der Waals surface area contributed by atoms with Gasteiger partial charge in [0.25, 0.3) is 0 Å². The number of nitrogens with zero attached hydrogens (tertiary/aromatic N) is 1. The van der Waals surface area contributed by atoms with Crippen LogP contribution in [0.25, 0.3) is 0 Å².